The number of benzene rings is 2. The molecule has 0 atom stereocenters. The van der Waals surface area contributed by atoms with Gasteiger partial charge < -0.3 is 0 Å². The molecule has 3 rings (SSSR count). The molecule has 3 aromatic rings. The molecular formula is C24H21N. The number of allylic oxidation sites excluding steroid dienone is 4. The average Bonchev–Trinajstić information content (AvgIpc) is 2.66. The minimum atomic E-state index is 0.950. The summed E-state index contributed by atoms with van der Waals surface area (Å²) in [4.78, 5) is 4.90. The monoisotopic (exact) mass is 323 g/mol. The summed E-state index contributed by atoms with van der Waals surface area (Å²) >= 11 is 0. The third-order valence-corrected chi connectivity index (χ3v) is 4.06. The Kier molecular flexibility index (Phi) is 5.06. The van der Waals surface area contributed by atoms with Crippen molar-refractivity contribution in [3.8, 4) is 22.5 Å². The van der Waals surface area contributed by atoms with E-state index in [4.69, 9.17) is 4.98 Å². The van der Waals surface area contributed by atoms with Crippen LogP contribution in [-0.2, 0) is 0 Å². The number of pyridine rings is 1. The van der Waals surface area contributed by atoms with Crippen LogP contribution in [0.4, 0.5) is 0 Å². The fourth-order valence-electron chi connectivity index (χ4n) is 2.82. The predicted molar refractivity (Wildman–Crippen MR) is 108 cm³/mol. The lowest BCUT2D eigenvalue weighted by Gasteiger charge is -2.11. The Balaban J connectivity index is 2.23. The van der Waals surface area contributed by atoms with E-state index in [9.17, 15) is 0 Å². The molecule has 0 amide bonds. The van der Waals surface area contributed by atoms with Gasteiger partial charge in [0.2, 0.25) is 0 Å². The molecule has 25 heavy (non-hydrogen) atoms. The van der Waals surface area contributed by atoms with Gasteiger partial charge in [0.05, 0.1) is 11.4 Å². The van der Waals surface area contributed by atoms with Crippen molar-refractivity contribution in [2.24, 2.45) is 0 Å². The normalized spacial score (nSPS) is 11.2. The second kappa shape index (κ2) is 7.59. The van der Waals surface area contributed by atoms with Gasteiger partial charge in [0.1, 0.15) is 0 Å². The third kappa shape index (κ3) is 3.84. The Bertz CT molecular complexity index is 933. The van der Waals surface area contributed by atoms with Crippen molar-refractivity contribution in [3.63, 3.8) is 0 Å². The molecule has 1 nitrogen and oxygen atoms in total. The maximum Gasteiger partial charge on any atom is 0.0715 e. The van der Waals surface area contributed by atoms with E-state index in [0.29, 0.717) is 0 Å². The maximum absolute atomic E-state index is 4.90. The van der Waals surface area contributed by atoms with Crippen molar-refractivity contribution in [2.45, 2.75) is 6.92 Å². The first kappa shape index (κ1) is 16.7. The number of nitrogens with zero attached hydrogens (tertiary/aromatic N) is 1. The van der Waals surface area contributed by atoms with Crippen LogP contribution in [-0.4, -0.2) is 4.98 Å². The number of hydrogen-bond donors (Lipinski definition) is 0. The van der Waals surface area contributed by atoms with Crippen LogP contribution in [0, 0.1) is 6.92 Å². The molecule has 0 saturated carbocycles. The fourth-order valence-corrected chi connectivity index (χ4v) is 2.82. The minimum absolute atomic E-state index is 0.950. The van der Waals surface area contributed by atoms with Gasteiger partial charge in [-0.2, -0.15) is 0 Å². The Hall–Kier alpha value is -3.19. The van der Waals surface area contributed by atoms with E-state index in [-0.39, 0.29) is 0 Å². The molecule has 0 aliphatic rings. The summed E-state index contributed by atoms with van der Waals surface area (Å²) in [5.41, 5.74) is 7.45. The number of hydrogen-bond acceptors (Lipinski definition) is 1. The lowest BCUT2D eigenvalue weighted by Crippen LogP contribution is -1.93. The van der Waals surface area contributed by atoms with Gasteiger partial charge in [-0.25, -0.2) is 4.98 Å². The second-order valence-corrected chi connectivity index (χ2v) is 5.92. The van der Waals surface area contributed by atoms with Crippen LogP contribution in [0.15, 0.2) is 98.1 Å². The van der Waals surface area contributed by atoms with E-state index in [1.807, 2.05) is 30.4 Å². The van der Waals surface area contributed by atoms with Gasteiger partial charge in [-0.05, 0) is 36.3 Å². The summed E-state index contributed by atoms with van der Waals surface area (Å²) in [6, 6.07) is 22.9. The zero-order valence-corrected chi connectivity index (χ0v) is 14.4. The van der Waals surface area contributed by atoms with Gasteiger partial charge in [-0.3, -0.25) is 0 Å². The Morgan fingerprint density at radius 3 is 2.16 bits per heavy atom. The van der Waals surface area contributed by atoms with Gasteiger partial charge in [-0.1, -0.05) is 85.5 Å². The molecule has 0 N–H and O–H groups in total. The molecule has 2 aromatic carbocycles. The standard InChI is InChI=1S/C24H21N/c1-4-10-19(5-2)22-16-23(20-12-7-6-8-13-20)25-24(17-22)21-14-9-11-18(3)15-21/h4-17H,1-2H2,3H3/b19-10+. The molecule has 0 unspecified atom stereocenters. The van der Waals surface area contributed by atoms with Crippen LogP contribution in [0.2, 0.25) is 0 Å². The van der Waals surface area contributed by atoms with Crippen LogP contribution < -0.4 is 0 Å². The topological polar surface area (TPSA) is 12.9 Å². The van der Waals surface area contributed by atoms with Crippen molar-refractivity contribution in [1.29, 1.82) is 0 Å². The third-order valence-electron chi connectivity index (χ3n) is 4.06. The molecular weight excluding hydrogens is 302 g/mol. The highest BCUT2D eigenvalue weighted by molar-refractivity contribution is 5.80. The first-order valence-electron chi connectivity index (χ1n) is 8.31. The summed E-state index contributed by atoms with van der Waals surface area (Å²) in [6.45, 7) is 9.84. The molecule has 0 radical (unpaired) electrons. The van der Waals surface area contributed by atoms with Crippen molar-refractivity contribution in [2.75, 3.05) is 0 Å². The van der Waals surface area contributed by atoms with E-state index in [1.165, 1.54) is 5.56 Å². The van der Waals surface area contributed by atoms with E-state index in [1.54, 1.807) is 6.08 Å². The van der Waals surface area contributed by atoms with Gasteiger partial charge in [-0.15, -0.1) is 0 Å². The molecule has 0 spiro atoms. The average molecular weight is 323 g/mol. The summed E-state index contributed by atoms with van der Waals surface area (Å²) in [5, 5.41) is 0. The lowest BCUT2D eigenvalue weighted by molar-refractivity contribution is 1.31. The zero-order chi connectivity index (χ0) is 17.6. The van der Waals surface area contributed by atoms with Crippen molar-refractivity contribution in [3.05, 3.63) is 109 Å². The number of aromatic nitrogens is 1. The zero-order valence-electron chi connectivity index (χ0n) is 14.4. The van der Waals surface area contributed by atoms with Gasteiger partial charge in [0, 0.05) is 11.1 Å². The van der Waals surface area contributed by atoms with E-state index >= 15 is 0 Å². The molecule has 0 bridgehead atoms. The summed E-state index contributed by atoms with van der Waals surface area (Å²) in [5.74, 6) is 0. The molecule has 1 aromatic heterocycles. The Morgan fingerprint density at radius 1 is 0.840 bits per heavy atom. The van der Waals surface area contributed by atoms with E-state index in [2.05, 4.69) is 68.6 Å². The van der Waals surface area contributed by atoms with Gasteiger partial charge >= 0.3 is 0 Å². The molecule has 1 heteroatoms. The van der Waals surface area contributed by atoms with Gasteiger partial charge in [0.25, 0.3) is 0 Å². The molecule has 0 aliphatic heterocycles. The highest BCUT2D eigenvalue weighted by atomic mass is 14.7. The molecule has 1 heterocycles. The first-order valence-corrected chi connectivity index (χ1v) is 8.31. The molecule has 0 fully saturated rings. The van der Waals surface area contributed by atoms with Crippen LogP contribution in [0.1, 0.15) is 11.1 Å². The molecule has 0 aliphatic carbocycles. The minimum Gasteiger partial charge on any atom is -0.248 e. The van der Waals surface area contributed by atoms with Crippen LogP contribution in [0.5, 0.6) is 0 Å². The lowest BCUT2D eigenvalue weighted by atomic mass is 9.99. The predicted octanol–water partition coefficient (Wildman–Crippen LogP) is 6.48. The molecule has 122 valence electrons. The summed E-state index contributed by atoms with van der Waals surface area (Å²) < 4.78 is 0. The smallest absolute Gasteiger partial charge is 0.0715 e. The quantitative estimate of drug-likeness (QED) is 0.490. The molecule has 0 saturated heterocycles. The largest absolute Gasteiger partial charge is 0.248 e. The van der Waals surface area contributed by atoms with E-state index < -0.39 is 0 Å². The highest BCUT2D eigenvalue weighted by Gasteiger charge is 2.09. The van der Waals surface area contributed by atoms with Crippen molar-refractivity contribution in [1.82, 2.24) is 4.98 Å². The van der Waals surface area contributed by atoms with Crippen LogP contribution in [0.25, 0.3) is 28.1 Å². The van der Waals surface area contributed by atoms with Gasteiger partial charge in [0.15, 0.2) is 0 Å². The van der Waals surface area contributed by atoms with Crippen LogP contribution >= 0.6 is 0 Å². The summed E-state index contributed by atoms with van der Waals surface area (Å²) in [7, 11) is 0. The fraction of sp³-hybridized carbons (Fsp3) is 0.0417. The SMILES string of the molecule is C=C/C=C(\C=C)c1cc(-c2ccccc2)nc(-c2cccc(C)c2)c1. The van der Waals surface area contributed by atoms with Crippen LogP contribution in [0.3, 0.4) is 0 Å². The second-order valence-electron chi connectivity index (χ2n) is 5.92. The Labute approximate surface area is 149 Å². The Morgan fingerprint density at radius 2 is 1.52 bits per heavy atom. The summed E-state index contributed by atoms with van der Waals surface area (Å²) in [6.07, 6.45) is 5.61. The number of aryl methyl sites for hydroxylation is 1. The van der Waals surface area contributed by atoms with Crippen molar-refractivity contribution < 1.29 is 0 Å². The van der Waals surface area contributed by atoms with E-state index in [0.717, 1.165) is 33.7 Å². The first-order chi connectivity index (χ1) is 12.2. The number of rotatable bonds is 5. The van der Waals surface area contributed by atoms with Crippen molar-refractivity contribution >= 4 is 5.57 Å². The maximum atomic E-state index is 4.90. The highest BCUT2D eigenvalue weighted by Crippen LogP contribution is 2.28.